The Bertz CT molecular complexity index is 1230. The number of pyridine rings is 2. The van der Waals surface area contributed by atoms with Gasteiger partial charge in [-0.15, -0.1) is 0 Å². The molecular weight excluding hydrogens is 328 g/mol. The quantitative estimate of drug-likeness (QED) is 0.607. The largest absolute Gasteiger partial charge is 0.339 e. The van der Waals surface area contributed by atoms with Crippen LogP contribution in [0.15, 0.2) is 53.3 Å². The van der Waals surface area contributed by atoms with E-state index in [1.807, 2.05) is 43.3 Å². The molecule has 0 saturated carbocycles. The summed E-state index contributed by atoms with van der Waals surface area (Å²) in [5.41, 5.74) is 2.70. The van der Waals surface area contributed by atoms with Crippen molar-refractivity contribution in [1.29, 1.82) is 0 Å². The number of nitrogens with zero attached hydrogens (tertiary/aromatic N) is 3. The monoisotopic (exact) mass is 346 g/mol. The van der Waals surface area contributed by atoms with E-state index in [2.05, 4.69) is 10.3 Å². The molecule has 0 saturated heterocycles. The fourth-order valence-corrected chi connectivity index (χ4v) is 3.36. The van der Waals surface area contributed by atoms with Crippen LogP contribution in [0.2, 0.25) is 0 Å². The van der Waals surface area contributed by atoms with Crippen molar-refractivity contribution >= 4 is 33.5 Å². The van der Waals surface area contributed by atoms with Crippen molar-refractivity contribution in [3.8, 4) is 0 Å². The topological polar surface area (TPSA) is 68.9 Å². The van der Waals surface area contributed by atoms with Crippen molar-refractivity contribution in [2.75, 3.05) is 5.32 Å². The van der Waals surface area contributed by atoms with Crippen LogP contribution in [0, 0.1) is 6.92 Å². The summed E-state index contributed by atoms with van der Waals surface area (Å²) in [5, 5.41) is 4.26. The molecular formula is C20H18N4O2. The molecule has 0 aliphatic heterocycles. The second-order valence-electron chi connectivity index (χ2n) is 6.35. The van der Waals surface area contributed by atoms with E-state index < -0.39 is 0 Å². The number of hydrogen-bond acceptors (Lipinski definition) is 3. The van der Waals surface area contributed by atoms with Gasteiger partial charge in [-0.05, 0) is 31.2 Å². The third-order valence-electron chi connectivity index (χ3n) is 4.65. The Hall–Kier alpha value is -3.41. The van der Waals surface area contributed by atoms with Crippen LogP contribution in [-0.4, -0.2) is 20.0 Å². The van der Waals surface area contributed by atoms with Crippen LogP contribution in [0.5, 0.6) is 0 Å². The second-order valence-corrected chi connectivity index (χ2v) is 6.35. The number of carbonyl (C=O) groups is 1. The van der Waals surface area contributed by atoms with E-state index in [4.69, 9.17) is 0 Å². The molecule has 1 aromatic carbocycles. The van der Waals surface area contributed by atoms with Gasteiger partial charge >= 0.3 is 0 Å². The average molecular weight is 346 g/mol. The molecule has 4 aromatic rings. The maximum Gasteiger partial charge on any atom is 0.273 e. The Balaban J connectivity index is 1.91. The Labute approximate surface area is 149 Å². The van der Waals surface area contributed by atoms with E-state index in [1.165, 1.54) is 0 Å². The summed E-state index contributed by atoms with van der Waals surface area (Å²) in [5.74, 6) is 0.186. The number of benzene rings is 1. The molecule has 26 heavy (non-hydrogen) atoms. The van der Waals surface area contributed by atoms with Crippen molar-refractivity contribution < 1.29 is 4.79 Å². The number of hydrogen-bond donors (Lipinski definition) is 1. The summed E-state index contributed by atoms with van der Waals surface area (Å²) >= 11 is 0. The molecule has 1 amide bonds. The number of carbonyl (C=O) groups excluding carboxylic acids is 1. The molecule has 0 radical (unpaired) electrons. The Morgan fingerprint density at radius 3 is 2.54 bits per heavy atom. The molecule has 0 atom stereocenters. The molecule has 130 valence electrons. The fourth-order valence-electron chi connectivity index (χ4n) is 3.36. The minimum absolute atomic E-state index is 0.123. The molecule has 4 rings (SSSR count). The third-order valence-corrected chi connectivity index (χ3v) is 4.65. The summed E-state index contributed by atoms with van der Waals surface area (Å²) < 4.78 is 3.38. The highest BCUT2D eigenvalue weighted by molar-refractivity contribution is 6.10. The normalized spacial score (nSPS) is 11.2. The highest BCUT2D eigenvalue weighted by atomic mass is 16.2. The maximum absolute atomic E-state index is 12.8. The van der Waals surface area contributed by atoms with Crippen LogP contribution >= 0.6 is 0 Å². The number of nitrogens with one attached hydrogen (secondary N) is 1. The van der Waals surface area contributed by atoms with Gasteiger partial charge in [0.15, 0.2) is 0 Å². The van der Waals surface area contributed by atoms with Gasteiger partial charge in [0, 0.05) is 25.2 Å². The summed E-state index contributed by atoms with van der Waals surface area (Å²) in [6, 6.07) is 14.8. The summed E-state index contributed by atoms with van der Waals surface area (Å²) in [6.45, 7) is 1.86. The van der Waals surface area contributed by atoms with Crippen LogP contribution in [-0.2, 0) is 14.1 Å². The standard InChI is InChI=1S/C20H18N4O2/c1-12-7-6-10-17(21-12)22-19(25)16-11-14-18(23(16)2)13-8-4-5-9-15(13)24(3)20(14)26/h4-11H,1-3H3,(H,21,22,25). The minimum Gasteiger partial charge on any atom is -0.339 e. The predicted molar refractivity (Wildman–Crippen MR) is 103 cm³/mol. The molecule has 3 aromatic heterocycles. The second kappa shape index (κ2) is 5.84. The van der Waals surface area contributed by atoms with Gasteiger partial charge in [-0.3, -0.25) is 9.59 Å². The summed E-state index contributed by atoms with van der Waals surface area (Å²) in [4.78, 5) is 29.8. The van der Waals surface area contributed by atoms with E-state index in [9.17, 15) is 9.59 Å². The van der Waals surface area contributed by atoms with Crippen molar-refractivity contribution in [1.82, 2.24) is 14.1 Å². The summed E-state index contributed by atoms with van der Waals surface area (Å²) in [6.07, 6.45) is 0. The first-order valence-electron chi connectivity index (χ1n) is 8.29. The van der Waals surface area contributed by atoms with E-state index >= 15 is 0 Å². The number of anilines is 1. The SMILES string of the molecule is Cc1cccc(NC(=O)c2cc3c(=O)n(C)c4ccccc4c3n2C)n1. The number of fused-ring (bicyclic) bond motifs is 3. The molecule has 0 bridgehead atoms. The lowest BCUT2D eigenvalue weighted by Gasteiger charge is -2.09. The molecule has 0 aliphatic carbocycles. The molecule has 1 N–H and O–H groups in total. The molecule has 0 aliphatic rings. The maximum atomic E-state index is 12.8. The van der Waals surface area contributed by atoms with Crippen LogP contribution in [0.4, 0.5) is 5.82 Å². The van der Waals surface area contributed by atoms with Gasteiger partial charge in [0.05, 0.1) is 16.4 Å². The minimum atomic E-state index is -0.298. The van der Waals surface area contributed by atoms with Gasteiger partial charge in [-0.1, -0.05) is 24.3 Å². The van der Waals surface area contributed by atoms with Crippen molar-refractivity contribution in [3.05, 3.63) is 70.3 Å². The first-order chi connectivity index (χ1) is 12.5. The van der Waals surface area contributed by atoms with Crippen molar-refractivity contribution in [2.24, 2.45) is 14.1 Å². The number of aromatic nitrogens is 3. The Morgan fingerprint density at radius 2 is 1.77 bits per heavy atom. The third kappa shape index (κ3) is 2.38. The van der Waals surface area contributed by atoms with E-state index in [0.29, 0.717) is 16.9 Å². The van der Waals surface area contributed by atoms with Crippen molar-refractivity contribution in [3.63, 3.8) is 0 Å². The van der Waals surface area contributed by atoms with E-state index in [1.54, 1.807) is 35.4 Å². The van der Waals surface area contributed by atoms with Gasteiger partial charge in [-0.2, -0.15) is 0 Å². The lowest BCUT2D eigenvalue weighted by Crippen LogP contribution is -2.17. The number of aryl methyl sites for hydroxylation is 3. The van der Waals surface area contributed by atoms with Gasteiger partial charge in [0.25, 0.3) is 11.5 Å². The number of para-hydroxylation sites is 1. The lowest BCUT2D eigenvalue weighted by atomic mass is 10.1. The van der Waals surface area contributed by atoms with Crippen LogP contribution < -0.4 is 10.9 Å². The van der Waals surface area contributed by atoms with E-state index in [-0.39, 0.29) is 11.5 Å². The predicted octanol–water partition coefficient (Wildman–Crippen LogP) is 2.99. The van der Waals surface area contributed by atoms with Gasteiger partial charge in [-0.25, -0.2) is 4.98 Å². The molecule has 0 unspecified atom stereocenters. The fraction of sp³-hybridized carbons (Fsp3) is 0.150. The molecule has 3 heterocycles. The zero-order chi connectivity index (χ0) is 18.4. The Morgan fingerprint density at radius 1 is 1.00 bits per heavy atom. The molecule has 0 fully saturated rings. The lowest BCUT2D eigenvalue weighted by molar-refractivity contribution is 0.101. The smallest absolute Gasteiger partial charge is 0.273 e. The van der Waals surface area contributed by atoms with Crippen molar-refractivity contribution in [2.45, 2.75) is 6.92 Å². The first-order valence-corrected chi connectivity index (χ1v) is 8.29. The number of rotatable bonds is 2. The zero-order valence-corrected chi connectivity index (χ0v) is 14.8. The van der Waals surface area contributed by atoms with Gasteiger partial charge in [0.1, 0.15) is 11.5 Å². The molecule has 6 nitrogen and oxygen atoms in total. The van der Waals surface area contributed by atoms with E-state index in [0.717, 1.165) is 22.1 Å². The Kier molecular flexibility index (Phi) is 3.61. The highest BCUT2D eigenvalue weighted by Crippen LogP contribution is 2.25. The summed E-state index contributed by atoms with van der Waals surface area (Å²) in [7, 11) is 3.54. The van der Waals surface area contributed by atoms with Crippen LogP contribution in [0.25, 0.3) is 21.8 Å². The highest BCUT2D eigenvalue weighted by Gasteiger charge is 2.19. The van der Waals surface area contributed by atoms with Crippen LogP contribution in [0.3, 0.4) is 0 Å². The average Bonchev–Trinajstić information content (AvgIpc) is 2.97. The zero-order valence-electron chi connectivity index (χ0n) is 14.8. The van der Waals surface area contributed by atoms with Crippen LogP contribution in [0.1, 0.15) is 16.2 Å². The first kappa shape index (κ1) is 16.1. The molecule has 0 spiro atoms. The van der Waals surface area contributed by atoms with Gasteiger partial charge < -0.3 is 14.5 Å². The molecule has 6 heteroatoms. The number of amides is 1. The van der Waals surface area contributed by atoms with Gasteiger partial charge in [0.2, 0.25) is 0 Å².